The van der Waals surface area contributed by atoms with Gasteiger partial charge in [0, 0.05) is 13.7 Å². The van der Waals surface area contributed by atoms with E-state index in [0.29, 0.717) is 5.92 Å². The van der Waals surface area contributed by atoms with Gasteiger partial charge in [0.1, 0.15) is 11.9 Å². The Bertz CT molecular complexity index is 392. The zero-order valence-corrected chi connectivity index (χ0v) is 13.9. The van der Waals surface area contributed by atoms with Crippen LogP contribution >= 0.6 is 22.6 Å². The third-order valence-corrected chi connectivity index (χ3v) is 3.79. The van der Waals surface area contributed by atoms with Crippen molar-refractivity contribution in [2.45, 2.75) is 46.1 Å². The van der Waals surface area contributed by atoms with E-state index in [-0.39, 0.29) is 6.10 Å². The maximum atomic E-state index is 5.44. The number of halogens is 1. The number of nitrogens with zero attached hydrogens (tertiary/aromatic N) is 2. The van der Waals surface area contributed by atoms with Crippen molar-refractivity contribution in [1.82, 2.24) is 9.97 Å². The van der Waals surface area contributed by atoms with Crippen LogP contribution in [0.25, 0.3) is 0 Å². The van der Waals surface area contributed by atoms with Gasteiger partial charge < -0.3 is 10.1 Å². The topological polar surface area (TPSA) is 47.0 Å². The first kappa shape index (κ1) is 15.6. The Balaban J connectivity index is 3.27. The fourth-order valence-corrected chi connectivity index (χ4v) is 2.80. The lowest BCUT2D eigenvalue weighted by atomic mass is 10.1. The van der Waals surface area contributed by atoms with Crippen LogP contribution in [0.3, 0.4) is 0 Å². The summed E-state index contributed by atoms with van der Waals surface area (Å²) in [6.07, 6.45) is 0.845. The lowest BCUT2D eigenvalue weighted by Gasteiger charge is -2.18. The summed E-state index contributed by atoms with van der Waals surface area (Å²) >= 11 is 2.32. The Labute approximate surface area is 123 Å². The normalized spacial score (nSPS) is 12.8. The van der Waals surface area contributed by atoms with Crippen LogP contribution < -0.4 is 5.32 Å². The second-order valence-electron chi connectivity index (χ2n) is 4.45. The van der Waals surface area contributed by atoms with Gasteiger partial charge in [-0.1, -0.05) is 20.8 Å². The summed E-state index contributed by atoms with van der Waals surface area (Å²) in [4.78, 5) is 9.27. The molecule has 0 radical (unpaired) electrons. The first-order chi connectivity index (χ1) is 8.54. The minimum absolute atomic E-state index is 0.0306. The second-order valence-corrected chi connectivity index (χ2v) is 5.53. The van der Waals surface area contributed by atoms with Crippen molar-refractivity contribution in [1.29, 1.82) is 0 Å². The van der Waals surface area contributed by atoms with Gasteiger partial charge >= 0.3 is 0 Å². The Kier molecular flexibility index (Phi) is 6.28. The van der Waals surface area contributed by atoms with E-state index in [1.165, 1.54) is 0 Å². The smallest absolute Gasteiger partial charge is 0.159 e. The van der Waals surface area contributed by atoms with Gasteiger partial charge in [0.25, 0.3) is 0 Å². The molecule has 1 aromatic heterocycles. The Morgan fingerprint density at radius 3 is 2.39 bits per heavy atom. The van der Waals surface area contributed by atoms with Gasteiger partial charge in [-0.05, 0) is 41.9 Å². The van der Waals surface area contributed by atoms with E-state index in [2.05, 4.69) is 65.6 Å². The molecule has 18 heavy (non-hydrogen) atoms. The minimum Gasteiger partial charge on any atom is -0.373 e. The van der Waals surface area contributed by atoms with Crippen LogP contribution in [0.1, 0.15) is 57.7 Å². The van der Waals surface area contributed by atoms with E-state index in [1.54, 1.807) is 7.11 Å². The molecule has 0 amide bonds. The van der Waals surface area contributed by atoms with Gasteiger partial charge in [-0.15, -0.1) is 0 Å². The van der Waals surface area contributed by atoms with Crippen molar-refractivity contribution in [3.8, 4) is 0 Å². The van der Waals surface area contributed by atoms with Crippen molar-refractivity contribution in [2.24, 2.45) is 0 Å². The third-order valence-electron chi connectivity index (χ3n) is 2.73. The van der Waals surface area contributed by atoms with E-state index < -0.39 is 0 Å². The molecule has 0 saturated carbocycles. The number of rotatable bonds is 6. The Hall–Kier alpha value is -0.430. The van der Waals surface area contributed by atoms with Gasteiger partial charge in [0.05, 0.1) is 9.26 Å². The van der Waals surface area contributed by atoms with Crippen LogP contribution in [-0.4, -0.2) is 23.6 Å². The number of anilines is 1. The monoisotopic (exact) mass is 363 g/mol. The highest BCUT2D eigenvalue weighted by Crippen LogP contribution is 2.28. The molecule has 0 aliphatic carbocycles. The summed E-state index contributed by atoms with van der Waals surface area (Å²) in [6, 6.07) is 0. The van der Waals surface area contributed by atoms with Crippen molar-refractivity contribution >= 4 is 28.4 Å². The first-order valence-corrected chi connectivity index (χ1v) is 7.46. The van der Waals surface area contributed by atoms with Crippen LogP contribution in [0.5, 0.6) is 0 Å². The molecule has 0 aliphatic rings. The van der Waals surface area contributed by atoms with E-state index in [9.17, 15) is 0 Å². The zero-order valence-electron chi connectivity index (χ0n) is 11.7. The quantitative estimate of drug-likeness (QED) is 0.783. The van der Waals surface area contributed by atoms with Gasteiger partial charge in [0.15, 0.2) is 5.82 Å². The lowest BCUT2D eigenvalue weighted by Crippen LogP contribution is -2.14. The molecular weight excluding hydrogens is 341 g/mol. The predicted molar refractivity (Wildman–Crippen MR) is 83.0 cm³/mol. The van der Waals surface area contributed by atoms with Crippen LogP contribution in [0.15, 0.2) is 0 Å². The standard InChI is InChI=1S/C13H22IN3O/c1-6-9(18-5)12-16-11(8(3)4)10(14)13(17-12)15-7-2/h8-9H,6-7H2,1-5H3,(H,15,16,17). The molecular formula is C13H22IN3O. The summed E-state index contributed by atoms with van der Waals surface area (Å²) in [5.74, 6) is 2.08. The molecule has 0 spiro atoms. The Morgan fingerprint density at radius 1 is 1.28 bits per heavy atom. The molecule has 4 nitrogen and oxygen atoms in total. The summed E-state index contributed by atoms with van der Waals surface area (Å²) in [6.45, 7) is 9.31. The van der Waals surface area contributed by atoms with Crippen molar-refractivity contribution < 1.29 is 4.74 Å². The summed E-state index contributed by atoms with van der Waals surface area (Å²) < 4.78 is 6.55. The lowest BCUT2D eigenvalue weighted by molar-refractivity contribution is 0.0924. The molecule has 0 fully saturated rings. The van der Waals surface area contributed by atoms with Crippen molar-refractivity contribution in [2.75, 3.05) is 19.0 Å². The zero-order chi connectivity index (χ0) is 13.7. The highest BCUT2D eigenvalue weighted by atomic mass is 127. The molecule has 0 saturated heterocycles. The molecule has 0 aromatic carbocycles. The highest BCUT2D eigenvalue weighted by molar-refractivity contribution is 14.1. The van der Waals surface area contributed by atoms with Gasteiger partial charge in [-0.3, -0.25) is 0 Å². The summed E-state index contributed by atoms with van der Waals surface area (Å²) in [7, 11) is 1.71. The minimum atomic E-state index is -0.0306. The van der Waals surface area contributed by atoms with Gasteiger partial charge in [-0.2, -0.15) is 0 Å². The van der Waals surface area contributed by atoms with Gasteiger partial charge in [-0.25, -0.2) is 9.97 Å². The average Bonchev–Trinajstić information content (AvgIpc) is 2.34. The van der Waals surface area contributed by atoms with Crippen LogP contribution in [0.4, 0.5) is 5.82 Å². The van der Waals surface area contributed by atoms with E-state index in [4.69, 9.17) is 4.74 Å². The molecule has 1 heterocycles. The number of methoxy groups -OCH3 is 1. The molecule has 1 aromatic rings. The van der Waals surface area contributed by atoms with E-state index in [0.717, 1.165) is 33.9 Å². The van der Waals surface area contributed by atoms with E-state index in [1.807, 2.05) is 0 Å². The number of hydrogen-bond donors (Lipinski definition) is 1. The fourth-order valence-electron chi connectivity index (χ4n) is 1.75. The molecule has 0 bridgehead atoms. The van der Waals surface area contributed by atoms with Crippen molar-refractivity contribution in [3.05, 3.63) is 15.1 Å². The summed E-state index contributed by atoms with van der Waals surface area (Å²) in [5, 5.41) is 3.30. The number of ether oxygens (including phenoxy) is 1. The van der Waals surface area contributed by atoms with Crippen molar-refractivity contribution in [3.63, 3.8) is 0 Å². The summed E-state index contributed by atoms with van der Waals surface area (Å²) in [5.41, 5.74) is 1.09. The average molecular weight is 363 g/mol. The maximum Gasteiger partial charge on any atom is 0.159 e. The second kappa shape index (κ2) is 7.23. The van der Waals surface area contributed by atoms with Crippen LogP contribution in [0.2, 0.25) is 0 Å². The molecule has 1 N–H and O–H groups in total. The number of aromatic nitrogens is 2. The SMILES string of the molecule is CCNc1nc(C(CC)OC)nc(C(C)C)c1I. The number of hydrogen-bond acceptors (Lipinski definition) is 4. The highest BCUT2D eigenvalue weighted by Gasteiger charge is 2.19. The first-order valence-electron chi connectivity index (χ1n) is 6.39. The molecule has 1 unspecified atom stereocenters. The Morgan fingerprint density at radius 2 is 1.94 bits per heavy atom. The number of nitrogens with one attached hydrogen (secondary N) is 1. The molecule has 102 valence electrons. The molecule has 1 rings (SSSR count). The molecule has 5 heteroatoms. The van der Waals surface area contributed by atoms with Crippen LogP contribution in [0, 0.1) is 3.57 Å². The maximum absolute atomic E-state index is 5.44. The largest absolute Gasteiger partial charge is 0.373 e. The fraction of sp³-hybridized carbons (Fsp3) is 0.692. The van der Waals surface area contributed by atoms with E-state index >= 15 is 0 Å². The van der Waals surface area contributed by atoms with Crippen LogP contribution in [-0.2, 0) is 4.74 Å². The third kappa shape index (κ3) is 3.54. The molecule has 1 atom stereocenters. The molecule has 0 aliphatic heterocycles. The van der Waals surface area contributed by atoms with Gasteiger partial charge in [0.2, 0.25) is 0 Å². The predicted octanol–water partition coefficient (Wildman–Crippen LogP) is 3.73.